The first kappa shape index (κ1) is 31.3. The summed E-state index contributed by atoms with van der Waals surface area (Å²) in [4.78, 5) is 31.4. The van der Waals surface area contributed by atoms with Crippen molar-refractivity contribution in [2.75, 3.05) is 24.9 Å². The van der Waals surface area contributed by atoms with Crippen molar-refractivity contribution in [3.8, 4) is 5.69 Å². The SMILES string of the molecule is Cc1ccc(S(=O)(=O)Nc2c(C)n(C)n(-c3ccccc3)c2=O)cc1C(=O)N(C)C1C(C)CN(Cc2ccccc2)CC1C. The van der Waals surface area contributed by atoms with E-state index in [2.05, 4.69) is 47.7 Å². The van der Waals surface area contributed by atoms with E-state index in [1.54, 1.807) is 48.7 Å². The van der Waals surface area contributed by atoms with Crippen molar-refractivity contribution >= 4 is 21.6 Å². The fourth-order valence-electron chi connectivity index (χ4n) is 6.60. The van der Waals surface area contributed by atoms with Crippen LogP contribution >= 0.6 is 0 Å². The molecule has 1 N–H and O–H groups in total. The van der Waals surface area contributed by atoms with Crippen LogP contribution in [0.2, 0.25) is 0 Å². The van der Waals surface area contributed by atoms with Crippen LogP contribution < -0.4 is 10.3 Å². The van der Waals surface area contributed by atoms with Gasteiger partial charge in [-0.05, 0) is 61.1 Å². The van der Waals surface area contributed by atoms with Gasteiger partial charge < -0.3 is 4.90 Å². The number of carbonyl (C=O) groups excluding carboxylic acids is 1. The maximum Gasteiger partial charge on any atom is 0.296 e. The van der Waals surface area contributed by atoms with Crippen LogP contribution in [0.25, 0.3) is 5.69 Å². The van der Waals surface area contributed by atoms with Crippen LogP contribution in [0.3, 0.4) is 0 Å². The summed E-state index contributed by atoms with van der Waals surface area (Å²) in [5, 5.41) is 0. The summed E-state index contributed by atoms with van der Waals surface area (Å²) in [6.45, 7) is 10.4. The van der Waals surface area contributed by atoms with Crippen molar-refractivity contribution in [2.45, 2.75) is 45.2 Å². The van der Waals surface area contributed by atoms with Gasteiger partial charge in [0.2, 0.25) is 0 Å². The van der Waals surface area contributed by atoms with Crippen molar-refractivity contribution in [3.63, 3.8) is 0 Å². The molecule has 2 heterocycles. The smallest absolute Gasteiger partial charge is 0.296 e. The van der Waals surface area contributed by atoms with Crippen LogP contribution in [0.15, 0.2) is 88.6 Å². The minimum Gasteiger partial charge on any atom is -0.338 e. The molecule has 0 spiro atoms. The average Bonchev–Trinajstić information content (AvgIpc) is 3.19. The highest BCUT2D eigenvalue weighted by Gasteiger charge is 2.37. The van der Waals surface area contributed by atoms with E-state index in [1.807, 2.05) is 31.3 Å². The van der Waals surface area contributed by atoms with Gasteiger partial charge in [-0.25, -0.2) is 13.1 Å². The number of piperidine rings is 1. The van der Waals surface area contributed by atoms with E-state index < -0.39 is 15.6 Å². The molecule has 5 rings (SSSR count). The lowest BCUT2D eigenvalue weighted by Crippen LogP contribution is -2.55. The van der Waals surface area contributed by atoms with E-state index in [4.69, 9.17) is 0 Å². The van der Waals surface area contributed by atoms with Gasteiger partial charge in [0.25, 0.3) is 21.5 Å². The quantitative estimate of drug-likeness (QED) is 0.307. The summed E-state index contributed by atoms with van der Waals surface area (Å²) >= 11 is 0. The van der Waals surface area contributed by atoms with Gasteiger partial charge in [-0.1, -0.05) is 68.4 Å². The number of aromatic nitrogens is 2. The second-order valence-electron chi connectivity index (χ2n) is 12.1. The Morgan fingerprint density at radius 2 is 1.52 bits per heavy atom. The molecule has 3 aromatic carbocycles. The van der Waals surface area contributed by atoms with Crippen LogP contribution in [-0.4, -0.2) is 59.7 Å². The zero-order valence-electron chi connectivity index (χ0n) is 26.2. The van der Waals surface area contributed by atoms with E-state index in [1.165, 1.54) is 22.4 Å². The molecule has 2 atom stereocenters. The molecule has 0 aliphatic carbocycles. The van der Waals surface area contributed by atoms with E-state index in [-0.39, 0.29) is 34.4 Å². The number of nitrogens with zero attached hydrogens (tertiary/aromatic N) is 4. The minimum atomic E-state index is -4.18. The zero-order chi connectivity index (χ0) is 31.8. The Balaban J connectivity index is 1.37. The molecule has 9 nitrogen and oxygen atoms in total. The third kappa shape index (κ3) is 6.09. The molecular weight excluding hydrogens is 574 g/mol. The lowest BCUT2D eigenvalue weighted by Gasteiger charge is -2.45. The average molecular weight is 616 g/mol. The maximum atomic E-state index is 13.9. The predicted octanol–water partition coefficient (Wildman–Crippen LogP) is 4.82. The van der Waals surface area contributed by atoms with Crippen molar-refractivity contribution in [1.29, 1.82) is 0 Å². The second-order valence-corrected chi connectivity index (χ2v) is 13.7. The van der Waals surface area contributed by atoms with Crippen LogP contribution in [-0.2, 0) is 23.6 Å². The molecule has 10 heteroatoms. The number of likely N-dealkylation sites (tertiary alicyclic amines) is 1. The normalized spacial score (nSPS) is 19.1. The molecule has 1 aliphatic rings. The highest BCUT2D eigenvalue weighted by atomic mass is 32.2. The number of para-hydroxylation sites is 1. The van der Waals surface area contributed by atoms with Crippen molar-refractivity contribution < 1.29 is 13.2 Å². The molecule has 1 aromatic heterocycles. The van der Waals surface area contributed by atoms with Gasteiger partial charge in [0.05, 0.1) is 16.3 Å². The molecule has 1 aliphatic heterocycles. The third-order valence-corrected chi connectivity index (χ3v) is 10.2. The van der Waals surface area contributed by atoms with E-state index >= 15 is 0 Å². The van der Waals surface area contributed by atoms with Gasteiger partial charge in [0.15, 0.2) is 0 Å². The summed E-state index contributed by atoms with van der Waals surface area (Å²) in [5.74, 6) is 0.221. The monoisotopic (exact) mass is 615 g/mol. The summed E-state index contributed by atoms with van der Waals surface area (Å²) in [7, 11) is -0.667. The van der Waals surface area contributed by atoms with Crippen LogP contribution in [0.5, 0.6) is 0 Å². The Kier molecular flexibility index (Phi) is 8.85. The Morgan fingerprint density at radius 3 is 2.14 bits per heavy atom. The van der Waals surface area contributed by atoms with Gasteiger partial charge in [-0.2, -0.15) is 0 Å². The predicted molar refractivity (Wildman–Crippen MR) is 174 cm³/mol. The number of nitrogens with one attached hydrogen (secondary N) is 1. The molecule has 4 aromatic rings. The van der Waals surface area contributed by atoms with Crippen molar-refractivity contribution in [1.82, 2.24) is 19.2 Å². The molecule has 0 bridgehead atoms. The van der Waals surface area contributed by atoms with Crippen LogP contribution in [0.1, 0.15) is 41.0 Å². The third-order valence-electron chi connectivity index (χ3n) is 8.82. The summed E-state index contributed by atoms with van der Waals surface area (Å²) in [5.41, 5.74) is 2.84. The number of hydrogen-bond donors (Lipinski definition) is 1. The highest BCUT2D eigenvalue weighted by molar-refractivity contribution is 7.92. The number of amides is 1. The molecular formula is C34H41N5O4S. The number of anilines is 1. The Labute approximate surface area is 259 Å². The molecule has 1 saturated heterocycles. The lowest BCUT2D eigenvalue weighted by atomic mass is 9.84. The van der Waals surface area contributed by atoms with Crippen LogP contribution in [0, 0.1) is 25.7 Å². The highest BCUT2D eigenvalue weighted by Crippen LogP contribution is 2.29. The van der Waals surface area contributed by atoms with E-state index in [0.29, 0.717) is 22.5 Å². The molecule has 2 unspecified atom stereocenters. The minimum absolute atomic E-state index is 0.00395. The standard InChI is InChI=1S/C34H41N5O4S/c1-23-17-18-29(44(42,43)35-31-26(4)37(6)39(34(31)41)28-15-11-8-12-16-28)19-30(23)33(40)36(5)32-24(2)20-38(21-25(32)3)22-27-13-9-7-10-14-27/h7-19,24-25,32,35H,20-22H2,1-6H3. The Morgan fingerprint density at radius 1 is 0.932 bits per heavy atom. The molecule has 1 amide bonds. The molecule has 0 saturated carbocycles. The van der Waals surface area contributed by atoms with Gasteiger partial charge in [-0.15, -0.1) is 0 Å². The number of aryl methyl sites for hydroxylation is 1. The Bertz CT molecular complexity index is 1800. The first-order chi connectivity index (χ1) is 20.9. The largest absolute Gasteiger partial charge is 0.338 e. The fourth-order valence-corrected chi connectivity index (χ4v) is 7.75. The first-order valence-corrected chi connectivity index (χ1v) is 16.4. The number of carbonyl (C=O) groups is 1. The lowest BCUT2D eigenvalue weighted by molar-refractivity contribution is 0.0270. The van der Waals surface area contributed by atoms with E-state index in [9.17, 15) is 18.0 Å². The summed E-state index contributed by atoms with van der Waals surface area (Å²) in [6, 6.07) is 23.9. The summed E-state index contributed by atoms with van der Waals surface area (Å²) < 4.78 is 32.8. The second kappa shape index (κ2) is 12.5. The topological polar surface area (TPSA) is 96.6 Å². The molecule has 44 heavy (non-hydrogen) atoms. The van der Waals surface area contributed by atoms with Gasteiger partial charge in [0.1, 0.15) is 5.69 Å². The number of hydrogen-bond acceptors (Lipinski definition) is 5. The zero-order valence-corrected chi connectivity index (χ0v) is 27.0. The maximum absolute atomic E-state index is 13.9. The number of rotatable bonds is 8. The fraction of sp³-hybridized carbons (Fsp3) is 0.353. The van der Waals surface area contributed by atoms with Gasteiger partial charge in [-0.3, -0.25) is 23.9 Å². The summed E-state index contributed by atoms with van der Waals surface area (Å²) in [6.07, 6.45) is 0. The number of benzene rings is 3. The van der Waals surface area contributed by atoms with Crippen molar-refractivity contribution in [3.05, 3.63) is 112 Å². The molecule has 0 radical (unpaired) electrons. The Hall–Kier alpha value is -4.15. The molecule has 232 valence electrons. The van der Waals surface area contributed by atoms with Gasteiger partial charge in [0, 0.05) is 45.3 Å². The first-order valence-electron chi connectivity index (χ1n) is 14.9. The van der Waals surface area contributed by atoms with E-state index in [0.717, 1.165) is 19.6 Å². The van der Waals surface area contributed by atoms with Crippen molar-refractivity contribution in [2.24, 2.45) is 18.9 Å². The number of sulfonamides is 1. The molecule has 1 fully saturated rings. The van der Waals surface area contributed by atoms with Gasteiger partial charge >= 0.3 is 0 Å². The van der Waals surface area contributed by atoms with Crippen LogP contribution in [0.4, 0.5) is 5.69 Å².